The number of rotatable bonds is 5. The second kappa shape index (κ2) is 7.01. The fourth-order valence-corrected chi connectivity index (χ4v) is 2.42. The number of hydrogen-bond acceptors (Lipinski definition) is 3. The van der Waals surface area contributed by atoms with Gasteiger partial charge in [0, 0.05) is 25.3 Å². The van der Waals surface area contributed by atoms with Crippen molar-refractivity contribution in [1.29, 1.82) is 0 Å². The van der Waals surface area contributed by atoms with Crippen LogP contribution in [0.25, 0.3) is 0 Å². The van der Waals surface area contributed by atoms with Gasteiger partial charge in [-0.05, 0) is 43.5 Å². The first-order valence-electron chi connectivity index (χ1n) is 7.53. The molecule has 0 aliphatic carbocycles. The minimum atomic E-state index is 0.523. The third-order valence-corrected chi connectivity index (χ3v) is 3.86. The molecule has 106 valence electrons. The Hall–Kier alpha value is -0.930. The summed E-state index contributed by atoms with van der Waals surface area (Å²) in [5, 5.41) is 3.42. The summed E-state index contributed by atoms with van der Waals surface area (Å²) < 4.78 is 0. The maximum absolute atomic E-state index is 4.59. The van der Waals surface area contributed by atoms with Gasteiger partial charge in [0.15, 0.2) is 0 Å². The lowest BCUT2D eigenvalue weighted by Gasteiger charge is -2.29. The van der Waals surface area contributed by atoms with Crippen molar-refractivity contribution in [3.63, 3.8) is 0 Å². The smallest absolute Gasteiger partial charge is 0.0544 e. The largest absolute Gasteiger partial charge is 0.310 e. The number of likely N-dealkylation sites (tertiary alicyclic amines) is 1. The Labute approximate surface area is 117 Å². The Morgan fingerprint density at radius 2 is 2.05 bits per heavy atom. The van der Waals surface area contributed by atoms with E-state index in [1.54, 1.807) is 0 Å². The molecule has 0 radical (unpaired) electrons. The highest BCUT2D eigenvalue weighted by atomic mass is 15.1. The van der Waals surface area contributed by atoms with Crippen LogP contribution in [0, 0.1) is 5.92 Å². The Bertz CT molecular complexity index is 364. The monoisotopic (exact) mass is 261 g/mol. The molecule has 1 aromatic rings. The molecule has 2 heterocycles. The molecule has 1 saturated heterocycles. The first-order valence-corrected chi connectivity index (χ1v) is 7.53. The van der Waals surface area contributed by atoms with Crippen molar-refractivity contribution < 1.29 is 0 Å². The van der Waals surface area contributed by atoms with Gasteiger partial charge >= 0.3 is 0 Å². The molecule has 0 bridgehead atoms. The highest BCUT2D eigenvalue weighted by Crippen LogP contribution is 2.17. The summed E-state index contributed by atoms with van der Waals surface area (Å²) in [6, 6.07) is 4.90. The SMILES string of the molecule is CC1CCN(Cc2ccc(CNC(C)C)cn2)CC1. The van der Waals surface area contributed by atoms with Crippen molar-refractivity contribution in [2.45, 2.75) is 52.7 Å². The van der Waals surface area contributed by atoms with Crippen LogP contribution in [-0.2, 0) is 13.1 Å². The third-order valence-electron chi connectivity index (χ3n) is 3.86. The molecule has 3 heteroatoms. The Kier molecular flexibility index (Phi) is 5.34. The molecule has 0 unspecified atom stereocenters. The van der Waals surface area contributed by atoms with Crippen LogP contribution in [0.15, 0.2) is 18.3 Å². The zero-order valence-electron chi connectivity index (χ0n) is 12.5. The van der Waals surface area contributed by atoms with Crippen molar-refractivity contribution in [3.05, 3.63) is 29.6 Å². The Morgan fingerprint density at radius 1 is 1.32 bits per heavy atom. The van der Waals surface area contributed by atoms with E-state index < -0.39 is 0 Å². The average Bonchev–Trinajstić information content (AvgIpc) is 2.40. The van der Waals surface area contributed by atoms with Crippen LogP contribution in [0.2, 0.25) is 0 Å². The normalized spacial score (nSPS) is 18.1. The van der Waals surface area contributed by atoms with E-state index in [2.05, 4.69) is 48.1 Å². The number of piperidine rings is 1. The van der Waals surface area contributed by atoms with Crippen molar-refractivity contribution in [3.8, 4) is 0 Å². The topological polar surface area (TPSA) is 28.2 Å². The number of nitrogens with zero attached hydrogens (tertiary/aromatic N) is 2. The number of hydrogen-bond donors (Lipinski definition) is 1. The van der Waals surface area contributed by atoms with Gasteiger partial charge in [-0.2, -0.15) is 0 Å². The van der Waals surface area contributed by atoms with E-state index in [4.69, 9.17) is 0 Å². The molecule has 0 aromatic carbocycles. The molecular formula is C16H27N3. The predicted molar refractivity (Wildman–Crippen MR) is 79.9 cm³/mol. The van der Waals surface area contributed by atoms with E-state index >= 15 is 0 Å². The van der Waals surface area contributed by atoms with Crippen LogP contribution < -0.4 is 5.32 Å². The van der Waals surface area contributed by atoms with Crippen molar-refractivity contribution in [2.75, 3.05) is 13.1 Å². The average molecular weight is 261 g/mol. The molecule has 1 aliphatic heterocycles. The molecule has 1 aliphatic rings. The van der Waals surface area contributed by atoms with Gasteiger partial charge in [-0.3, -0.25) is 9.88 Å². The molecule has 1 fully saturated rings. The van der Waals surface area contributed by atoms with E-state index in [0.717, 1.165) is 19.0 Å². The summed E-state index contributed by atoms with van der Waals surface area (Å²) in [5.41, 5.74) is 2.47. The van der Waals surface area contributed by atoms with Gasteiger partial charge < -0.3 is 5.32 Å². The predicted octanol–water partition coefficient (Wildman–Crippen LogP) is 2.81. The van der Waals surface area contributed by atoms with Gasteiger partial charge in [0.25, 0.3) is 0 Å². The zero-order valence-corrected chi connectivity index (χ0v) is 12.5. The van der Waals surface area contributed by atoms with E-state index in [1.165, 1.54) is 37.2 Å². The van der Waals surface area contributed by atoms with Crippen LogP contribution in [0.1, 0.15) is 44.9 Å². The standard InChI is InChI=1S/C16H27N3/c1-13(2)17-10-15-4-5-16(18-11-15)12-19-8-6-14(3)7-9-19/h4-5,11,13-14,17H,6-10,12H2,1-3H3. The minimum absolute atomic E-state index is 0.523. The molecule has 0 spiro atoms. The lowest BCUT2D eigenvalue weighted by atomic mass is 9.99. The van der Waals surface area contributed by atoms with E-state index in [-0.39, 0.29) is 0 Å². The van der Waals surface area contributed by atoms with Crippen LogP contribution in [0.3, 0.4) is 0 Å². The van der Waals surface area contributed by atoms with Crippen molar-refractivity contribution in [2.24, 2.45) is 5.92 Å². The summed E-state index contributed by atoms with van der Waals surface area (Å²) in [4.78, 5) is 7.11. The highest BCUT2D eigenvalue weighted by molar-refractivity contribution is 5.14. The van der Waals surface area contributed by atoms with E-state index in [0.29, 0.717) is 6.04 Å². The maximum Gasteiger partial charge on any atom is 0.0544 e. The zero-order chi connectivity index (χ0) is 13.7. The maximum atomic E-state index is 4.59. The Morgan fingerprint density at radius 3 is 2.63 bits per heavy atom. The lowest BCUT2D eigenvalue weighted by Crippen LogP contribution is -2.32. The van der Waals surface area contributed by atoms with Crippen LogP contribution in [0.5, 0.6) is 0 Å². The van der Waals surface area contributed by atoms with Gasteiger partial charge in [0.2, 0.25) is 0 Å². The second-order valence-electron chi connectivity index (χ2n) is 6.15. The molecule has 19 heavy (non-hydrogen) atoms. The van der Waals surface area contributed by atoms with E-state index in [1.807, 2.05) is 6.20 Å². The minimum Gasteiger partial charge on any atom is -0.310 e. The van der Waals surface area contributed by atoms with Crippen LogP contribution in [-0.4, -0.2) is 29.0 Å². The van der Waals surface area contributed by atoms with Crippen LogP contribution in [0.4, 0.5) is 0 Å². The first kappa shape index (κ1) is 14.5. The molecule has 0 saturated carbocycles. The molecule has 0 atom stereocenters. The highest BCUT2D eigenvalue weighted by Gasteiger charge is 2.15. The van der Waals surface area contributed by atoms with Gasteiger partial charge in [-0.15, -0.1) is 0 Å². The van der Waals surface area contributed by atoms with Crippen LogP contribution >= 0.6 is 0 Å². The first-order chi connectivity index (χ1) is 9.13. The fraction of sp³-hybridized carbons (Fsp3) is 0.688. The quantitative estimate of drug-likeness (QED) is 0.883. The third kappa shape index (κ3) is 4.92. The van der Waals surface area contributed by atoms with Gasteiger partial charge in [0.05, 0.1) is 5.69 Å². The van der Waals surface area contributed by atoms with Gasteiger partial charge in [-0.1, -0.05) is 26.8 Å². The number of aromatic nitrogens is 1. The molecule has 2 rings (SSSR count). The number of pyridine rings is 1. The summed E-state index contributed by atoms with van der Waals surface area (Å²) in [6.45, 7) is 11.0. The van der Waals surface area contributed by atoms with Crippen molar-refractivity contribution >= 4 is 0 Å². The van der Waals surface area contributed by atoms with Gasteiger partial charge in [-0.25, -0.2) is 0 Å². The second-order valence-corrected chi connectivity index (χ2v) is 6.15. The van der Waals surface area contributed by atoms with Gasteiger partial charge in [0.1, 0.15) is 0 Å². The Balaban J connectivity index is 1.81. The lowest BCUT2D eigenvalue weighted by molar-refractivity contribution is 0.183. The van der Waals surface area contributed by atoms with E-state index in [9.17, 15) is 0 Å². The molecule has 1 aromatic heterocycles. The summed E-state index contributed by atoms with van der Waals surface area (Å²) >= 11 is 0. The fourth-order valence-electron chi connectivity index (χ4n) is 2.42. The number of nitrogens with one attached hydrogen (secondary N) is 1. The summed E-state index contributed by atoms with van der Waals surface area (Å²) in [6.07, 6.45) is 4.67. The van der Waals surface area contributed by atoms with Crippen molar-refractivity contribution in [1.82, 2.24) is 15.2 Å². The molecule has 0 amide bonds. The molecule has 1 N–H and O–H groups in total. The molecule has 3 nitrogen and oxygen atoms in total. The molecular weight excluding hydrogens is 234 g/mol. The summed E-state index contributed by atoms with van der Waals surface area (Å²) in [5.74, 6) is 0.897. The summed E-state index contributed by atoms with van der Waals surface area (Å²) in [7, 11) is 0.